The van der Waals surface area contributed by atoms with Crippen LogP contribution in [0.5, 0.6) is 11.5 Å². The van der Waals surface area contributed by atoms with Crippen LogP contribution >= 0.6 is 0 Å². The Morgan fingerprint density at radius 2 is 1.73 bits per heavy atom. The van der Waals surface area contributed by atoms with E-state index in [9.17, 15) is 9.59 Å². The van der Waals surface area contributed by atoms with Gasteiger partial charge < -0.3 is 25.0 Å². The maximum atomic E-state index is 13.2. The quantitative estimate of drug-likeness (QED) is 0.740. The molecule has 7 heteroatoms. The van der Waals surface area contributed by atoms with Gasteiger partial charge in [0.1, 0.15) is 11.5 Å². The van der Waals surface area contributed by atoms with Crippen molar-refractivity contribution in [3.8, 4) is 11.5 Å². The molecule has 0 saturated carbocycles. The number of urea groups is 1. The molecule has 0 aliphatic carbocycles. The van der Waals surface area contributed by atoms with E-state index in [1.807, 2.05) is 55.5 Å². The minimum Gasteiger partial charge on any atom is -0.497 e. The Bertz CT molecular complexity index is 967. The van der Waals surface area contributed by atoms with E-state index in [-0.39, 0.29) is 11.9 Å². The predicted molar refractivity (Wildman–Crippen MR) is 112 cm³/mol. The lowest BCUT2D eigenvalue weighted by Gasteiger charge is -2.25. The summed E-state index contributed by atoms with van der Waals surface area (Å²) in [6, 6.07) is 14.5. The Labute approximate surface area is 175 Å². The lowest BCUT2D eigenvalue weighted by Crippen LogP contribution is -2.44. The molecule has 3 amide bonds. The number of hydrogen-bond donors (Lipinski definition) is 2. The first-order valence-corrected chi connectivity index (χ1v) is 10.0. The molecule has 1 atom stereocenters. The third kappa shape index (κ3) is 3.96. The fourth-order valence-electron chi connectivity index (χ4n) is 3.84. The van der Waals surface area contributed by atoms with Gasteiger partial charge in [-0.25, -0.2) is 4.79 Å². The highest BCUT2D eigenvalue weighted by Crippen LogP contribution is 2.33. The highest BCUT2D eigenvalue weighted by Gasteiger charge is 2.40. The third-order valence-corrected chi connectivity index (χ3v) is 5.37. The molecule has 0 saturated heterocycles. The van der Waals surface area contributed by atoms with Crippen LogP contribution in [0.4, 0.5) is 4.79 Å². The van der Waals surface area contributed by atoms with Crippen molar-refractivity contribution in [2.75, 3.05) is 26.8 Å². The van der Waals surface area contributed by atoms with Gasteiger partial charge in [0.2, 0.25) is 0 Å². The van der Waals surface area contributed by atoms with Crippen LogP contribution in [0.25, 0.3) is 0 Å². The van der Waals surface area contributed by atoms with E-state index in [0.717, 1.165) is 29.0 Å². The molecule has 2 N–H and O–H groups in total. The summed E-state index contributed by atoms with van der Waals surface area (Å²) < 4.78 is 10.7. The molecule has 0 radical (unpaired) electrons. The first kappa shape index (κ1) is 19.8. The molecule has 4 rings (SSSR count). The number of carbonyl (C=O) groups is 2. The highest BCUT2D eigenvalue weighted by atomic mass is 16.5. The molecule has 2 aliphatic rings. The van der Waals surface area contributed by atoms with Crippen molar-refractivity contribution in [1.29, 1.82) is 0 Å². The van der Waals surface area contributed by atoms with Crippen LogP contribution in [0.2, 0.25) is 0 Å². The monoisotopic (exact) mass is 407 g/mol. The van der Waals surface area contributed by atoms with Gasteiger partial charge in [0.05, 0.1) is 37.6 Å². The van der Waals surface area contributed by atoms with Gasteiger partial charge in [0.15, 0.2) is 0 Å². The molecule has 0 unspecified atom stereocenters. The second-order valence-corrected chi connectivity index (χ2v) is 7.25. The molecule has 2 heterocycles. The fraction of sp³-hybridized carbons (Fsp3) is 0.304. The average Bonchev–Trinajstić information content (AvgIpc) is 3.08. The number of nitrogens with zero attached hydrogens (tertiary/aromatic N) is 1. The number of rotatable bonds is 7. The SMILES string of the molecule is CCOc1ccc([C@@H]2NC(=O)NC3=C2C(=O)N(CCc2ccc(OC)cc2)C3)cc1. The summed E-state index contributed by atoms with van der Waals surface area (Å²) in [5, 5.41) is 5.69. The number of methoxy groups -OCH3 is 1. The fourth-order valence-corrected chi connectivity index (χ4v) is 3.84. The Morgan fingerprint density at radius 1 is 1.03 bits per heavy atom. The van der Waals surface area contributed by atoms with Gasteiger partial charge in [0.25, 0.3) is 5.91 Å². The molecule has 2 aromatic rings. The highest BCUT2D eigenvalue weighted by molar-refractivity contribution is 6.01. The minimum atomic E-state index is -0.470. The van der Waals surface area contributed by atoms with Crippen molar-refractivity contribution < 1.29 is 19.1 Å². The molecule has 2 aliphatic heterocycles. The Hall–Kier alpha value is -3.48. The normalized spacial score (nSPS) is 18.1. The van der Waals surface area contributed by atoms with Gasteiger partial charge in [0, 0.05) is 6.54 Å². The van der Waals surface area contributed by atoms with Crippen LogP contribution in [-0.4, -0.2) is 43.6 Å². The van der Waals surface area contributed by atoms with Crippen LogP contribution in [0.1, 0.15) is 24.1 Å². The summed E-state index contributed by atoms with van der Waals surface area (Å²) >= 11 is 0. The minimum absolute atomic E-state index is 0.0510. The van der Waals surface area contributed by atoms with Gasteiger partial charge in [-0.2, -0.15) is 0 Å². The molecule has 2 aromatic carbocycles. The standard InChI is InChI=1S/C23H25N3O4/c1-3-30-18-10-6-16(7-11-18)21-20-19(24-23(28)25-21)14-26(22(20)27)13-12-15-4-8-17(29-2)9-5-15/h4-11,21H,3,12-14H2,1-2H3,(H2,24,25,28)/t21-/m0/s1. The van der Waals surface area contributed by atoms with E-state index in [1.54, 1.807) is 12.0 Å². The van der Waals surface area contributed by atoms with Crippen LogP contribution < -0.4 is 20.1 Å². The number of nitrogens with one attached hydrogen (secondary N) is 2. The molecule has 0 fully saturated rings. The molecule has 7 nitrogen and oxygen atoms in total. The second kappa shape index (κ2) is 8.49. The zero-order chi connectivity index (χ0) is 21.1. The van der Waals surface area contributed by atoms with Crippen molar-refractivity contribution in [2.24, 2.45) is 0 Å². The Balaban J connectivity index is 1.48. The van der Waals surface area contributed by atoms with Crippen LogP contribution in [0, 0.1) is 0 Å². The molecule has 0 spiro atoms. The maximum Gasteiger partial charge on any atom is 0.319 e. The molecule has 0 bridgehead atoms. The van der Waals surface area contributed by atoms with Crippen molar-refractivity contribution in [3.63, 3.8) is 0 Å². The largest absolute Gasteiger partial charge is 0.497 e. The molecular weight excluding hydrogens is 382 g/mol. The Morgan fingerprint density at radius 3 is 2.40 bits per heavy atom. The maximum absolute atomic E-state index is 13.2. The first-order chi connectivity index (χ1) is 14.6. The number of amides is 3. The molecule has 156 valence electrons. The predicted octanol–water partition coefficient (Wildman–Crippen LogP) is 2.79. The van der Waals surface area contributed by atoms with Gasteiger partial charge in [-0.05, 0) is 48.7 Å². The van der Waals surface area contributed by atoms with Crippen LogP contribution in [0.3, 0.4) is 0 Å². The van der Waals surface area contributed by atoms with Gasteiger partial charge in [-0.15, -0.1) is 0 Å². The summed E-state index contributed by atoms with van der Waals surface area (Å²) in [6.45, 7) is 3.49. The zero-order valence-electron chi connectivity index (χ0n) is 17.1. The number of hydrogen-bond acceptors (Lipinski definition) is 4. The zero-order valence-corrected chi connectivity index (χ0v) is 17.1. The summed E-state index contributed by atoms with van der Waals surface area (Å²) in [6.07, 6.45) is 0.728. The van der Waals surface area contributed by atoms with Crippen LogP contribution in [-0.2, 0) is 11.2 Å². The van der Waals surface area contributed by atoms with Crippen molar-refractivity contribution in [1.82, 2.24) is 15.5 Å². The van der Waals surface area contributed by atoms with Gasteiger partial charge in [-0.3, -0.25) is 4.79 Å². The van der Waals surface area contributed by atoms with E-state index in [4.69, 9.17) is 9.47 Å². The Kier molecular flexibility index (Phi) is 5.61. The van der Waals surface area contributed by atoms with Crippen LogP contribution in [0.15, 0.2) is 59.8 Å². The number of carbonyl (C=O) groups excluding carboxylic acids is 2. The van der Waals surface area contributed by atoms with Crippen molar-refractivity contribution in [3.05, 3.63) is 70.9 Å². The molecule has 30 heavy (non-hydrogen) atoms. The van der Waals surface area contributed by atoms with E-state index < -0.39 is 6.04 Å². The summed E-state index contributed by atoms with van der Waals surface area (Å²) in [7, 11) is 1.64. The van der Waals surface area contributed by atoms with E-state index in [1.165, 1.54) is 0 Å². The smallest absolute Gasteiger partial charge is 0.319 e. The van der Waals surface area contributed by atoms with Gasteiger partial charge >= 0.3 is 6.03 Å². The summed E-state index contributed by atoms with van der Waals surface area (Å²) in [4.78, 5) is 27.1. The molecular formula is C23H25N3O4. The molecule has 0 aromatic heterocycles. The number of benzene rings is 2. The van der Waals surface area contributed by atoms with E-state index in [2.05, 4.69) is 10.6 Å². The van der Waals surface area contributed by atoms with Crippen molar-refractivity contribution >= 4 is 11.9 Å². The lowest BCUT2D eigenvalue weighted by molar-refractivity contribution is -0.125. The van der Waals surface area contributed by atoms with Gasteiger partial charge in [-0.1, -0.05) is 24.3 Å². The number of ether oxygens (including phenoxy) is 2. The van der Waals surface area contributed by atoms with E-state index >= 15 is 0 Å². The summed E-state index contributed by atoms with van der Waals surface area (Å²) in [5.74, 6) is 1.51. The third-order valence-electron chi connectivity index (χ3n) is 5.37. The second-order valence-electron chi connectivity index (χ2n) is 7.25. The topological polar surface area (TPSA) is 79.9 Å². The average molecular weight is 407 g/mol. The summed E-state index contributed by atoms with van der Waals surface area (Å²) in [5.41, 5.74) is 3.26. The lowest BCUT2D eigenvalue weighted by atomic mass is 9.96. The first-order valence-electron chi connectivity index (χ1n) is 10.0. The van der Waals surface area contributed by atoms with E-state index in [0.29, 0.717) is 31.0 Å². The van der Waals surface area contributed by atoms with Crippen molar-refractivity contribution in [2.45, 2.75) is 19.4 Å².